The molecule has 0 spiro atoms. The van der Waals surface area contributed by atoms with Crippen molar-refractivity contribution in [2.75, 3.05) is 28.6 Å². The number of fused-ring (bicyclic) bond motifs is 1. The monoisotopic (exact) mass is 589 g/mol. The first kappa shape index (κ1) is 31.7. The predicted octanol–water partition coefficient (Wildman–Crippen LogP) is 6.81. The number of carbonyl (C=O) groups is 4. The summed E-state index contributed by atoms with van der Waals surface area (Å²) < 4.78 is 5.31. The number of hydrogen-bond acceptors (Lipinski definition) is 6. The van der Waals surface area contributed by atoms with E-state index in [1.54, 1.807) is 45.0 Å². The number of nitrogens with one attached hydrogen (secondary N) is 2. The summed E-state index contributed by atoms with van der Waals surface area (Å²) in [5.74, 6) is -0.430. The molecule has 43 heavy (non-hydrogen) atoms. The van der Waals surface area contributed by atoms with Crippen molar-refractivity contribution in [2.45, 2.75) is 79.2 Å². The van der Waals surface area contributed by atoms with Crippen LogP contribution in [0.2, 0.25) is 0 Å². The molecule has 4 rings (SSSR count). The Morgan fingerprint density at radius 3 is 2.19 bits per heavy atom. The smallest absolute Gasteiger partial charge is 0.412 e. The van der Waals surface area contributed by atoms with Crippen molar-refractivity contribution < 1.29 is 23.9 Å². The Labute approximate surface area is 253 Å². The van der Waals surface area contributed by atoms with Crippen LogP contribution in [0.4, 0.5) is 26.7 Å². The molecule has 2 aliphatic rings. The molecule has 10 heteroatoms. The number of carbonyl (C=O) groups excluding carboxylic acids is 4. The fraction of sp³-hybridized carbons (Fsp3) is 0.485. The van der Waals surface area contributed by atoms with Gasteiger partial charge in [-0.15, -0.1) is 0 Å². The van der Waals surface area contributed by atoms with Crippen LogP contribution in [-0.2, 0) is 14.3 Å². The normalized spacial score (nSPS) is 16.1. The quantitative estimate of drug-likeness (QED) is 0.367. The van der Waals surface area contributed by atoms with Crippen LogP contribution in [0.1, 0.15) is 79.2 Å². The number of amides is 4. The number of rotatable bonds is 7. The highest BCUT2D eigenvalue weighted by Crippen LogP contribution is 2.34. The fourth-order valence-corrected chi connectivity index (χ4v) is 5.14. The lowest BCUT2D eigenvalue weighted by Gasteiger charge is -2.28. The number of nitrogens with zero attached hydrogens (tertiary/aromatic N) is 3. The van der Waals surface area contributed by atoms with E-state index in [0.29, 0.717) is 17.1 Å². The average molecular weight is 590 g/mol. The molecule has 0 unspecified atom stereocenters. The molecule has 0 atom stereocenters. The van der Waals surface area contributed by atoms with E-state index in [1.165, 1.54) is 9.91 Å². The lowest BCUT2D eigenvalue weighted by atomic mass is 9.83. The van der Waals surface area contributed by atoms with Gasteiger partial charge in [-0.3, -0.25) is 19.8 Å². The van der Waals surface area contributed by atoms with Gasteiger partial charge in [-0.05, 0) is 57.9 Å². The maximum atomic E-state index is 14.0. The number of hydrazone groups is 1. The average Bonchev–Trinajstić information content (AvgIpc) is 3.03. The molecule has 1 aliphatic carbocycles. The van der Waals surface area contributed by atoms with Crippen molar-refractivity contribution in [2.24, 2.45) is 16.4 Å². The molecular formula is C33H43N5O5. The van der Waals surface area contributed by atoms with Gasteiger partial charge in [-0.25, -0.2) is 14.6 Å². The Bertz CT molecular complexity index is 1400. The first-order chi connectivity index (χ1) is 20.2. The van der Waals surface area contributed by atoms with E-state index in [2.05, 4.69) is 10.6 Å². The maximum Gasteiger partial charge on any atom is 0.412 e. The number of Topliss-reactive ketones (excluding diaryl/α,β-unsaturated/α-hetero) is 1. The number of hydrogen-bond donors (Lipinski definition) is 2. The minimum atomic E-state index is -0.658. The van der Waals surface area contributed by atoms with Crippen LogP contribution in [0.25, 0.3) is 0 Å². The molecule has 0 radical (unpaired) electrons. The molecule has 10 nitrogen and oxygen atoms in total. The minimum Gasteiger partial charge on any atom is -0.444 e. The van der Waals surface area contributed by atoms with Crippen LogP contribution < -0.4 is 15.5 Å². The second-order valence-electron chi connectivity index (χ2n) is 13.2. The molecular weight excluding hydrogens is 546 g/mol. The van der Waals surface area contributed by atoms with Gasteiger partial charge in [0.25, 0.3) is 0 Å². The van der Waals surface area contributed by atoms with Gasteiger partial charge >= 0.3 is 12.1 Å². The number of benzene rings is 2. The van der Waals surface area contributed by atoms with Gasteiger partial charge in [0, 0.05) is 28.3 Å². The van der Waals surface area contributed by atoms with Gasteiger partial charge in [0.15, 0.2) is 5.78 Å². The number of urea groups is 1. The first-order valence-corrected chi connectivity index (χ1v) is 14.9. The second kappa shape index (κ2) is 13.0. The summed E-state index contributed by atoms with van der Waals surface area (Å²) >= 11 is 0. The summed E-state index contributed by atoms with van der Waals surface area (Å²) in [5.41, 5.74) is 1.77. The maximum absolute atomic E-state index is 14.0. The Morgan fingerprint density at radius 1 is 0.884 bits per heavy atom. The van der Waals surface area contributed by atoms with E-state index in [4.69, 9.17) is 9.84 Å². The van der Waals surface area contributed by atoms with E-state index in [-0.39, 0.29) is 24.8 Å². The second-order valence-corrected chi connectivity index (χ2v) is 13.2. The molecule has 0 saturated heterocycles. The van der Waals surface area contributed by atoms with Gasteiger partial charge in [-0.2, -0.15) is 5.10 Å². The minimum absolute atomic E-state index is 0.101. The highest BCUT2D eigenvalue weighted by Gasteiger charge is 2.36. The molecule has 1 heterocycles. The molecule has 230 valence electrons. The number of ketones is 1. The lowest BCUT2D eigenvalue weighted by molar-refractivity contribution is -0.124. The van der Waals surface area contributed by atoms with E-state index in [0.717, 1.165) is 43.4 Å². The van der Waals surface area contributed by atoms with Gasteiger partial charge in [-0.1, -0.05) is 64.3 Å². The molecule has 1 aliphatic heterocycles. The number of ether oxygens (including phenoxy) is 1. The third-order valence-electron chi connectivity index (χ3n) is 7.37. The first-order valence-electron chi connectivity index (χ1n) is 14.9. The van der Waals surface area contributed by atoms with Crippen molar-refractivity contribution in [3.8, 4) is 0 Å². The van der Waals surface area contributed by atoms with Crippen LogP contribution in [-0.4, -0.2) is 53.2 Å². The summed E-state index contributed by atoms with van der Waals surface area (Å²) in [6, 6.07) is 13.7. The topological polar surface area (TPSA) is 120 Å². The van der Waals surface area contributed by atoms with Gasteiger partial charge in [0.1, 0.15) is 12.1 Å². The van der Waals surface area contributed by atoms with Crippen molar-refractivity contribution in [1.82, 2.24) is 5.01 Å². The lowest BCUT2D eigenvalue weighted by Crippen LogP contribution is -2.47. The summed E-state index contributed by atoms with van der Waals surface area (Å²) in [6.45, 7) is 10.3. The Balaban J connectivity index is 1.60. The molecule has 1 saturated carbocycles. The Morgan fingerprint density at radius 2 is 1.53 bits per heavy atom. The van der Waals surface area contributed by atoms with Crippen LogP contribution in [0.5, 0.6) is 0 Å². The highest BCUT2D eigenvalue weighted by atomic mass is 16.6. The standard InChI is InChI=1S/C33H43N5O5/c1-32(2,3)27(39)20-37-26-18-11-10-17-25(26)29(22-13-8-7-9-14-22)36-38(31(37)42)21-28(40)34-23-15-12-16-24(19-23)35-30(41)43-33(4,5)6/h10-12,15-19,22H,7-9,13-14,20-21H2,1-6H3,(H,34,40)(H,35,41). The Kier molecular flexibility index (Phi) is 9.57. The van der Waals surface area contributed by atoms with Crippen molar-refractivity contribution >= 4 is 46.6 Å². The molecule has 2 aromatic rings. The van der Waals surface area contributed by atoms with Crippen LogP contribution in [0.15, 0.2) is 53.6 Å². The third-order valence-corrected chi connectivity index (χ3v) is 7.37. The summed E-state index contributed by atoms with van der Waals surface area (Å²) in [7, 11) is 0. The molecule has 1 fully saturated rings. The fourth-order valence-electron chi connectivity index (χ4n) is 5.14. The van der Waals surface area contributed by atoms with Crippen LogP contribution in [0, 0.1) is 11.3 Å². The molecule has 2 aromatic carbocycles. The SMILES string of the molecule is CC(C)(C)OC(=O)Nc1cccc(NC(=O)CN2N=C(C3CCCCC3)c3ccccc3N(CC(=O)C(C)(C)C)C2=O)c1. The van der Waals surface area contributed by atoms with Crippen LogP contribution in [0.3, 0.4) is 0 Å². The molecule has 2 N–H and O–H groups in total. The predicted molar refractivity (Wildman–Crippen MR) is 168 cm³/mol. The number of para-hydroxylation sites is 1. The molecule has 0 bridgehead atoms. The van der Waals surface area contributed by atoms with E-state index in [1.807, 2.05) is 45.0 Å². The van der Waals surface area contributed by atoms with Gasteiger partial charge in [0.05, 0.1) is 17.9 Å². The van der Waals surface area contributed by atoms with Gasteiger partial charge < -0.3 is 10.1 Å². The van der Waals surface area contributed by atoms with E-state index in [9.17, 15) is 19.2 Å². The zero-order valence-corrected chi connectivity index (χ0v) is 26.0. The van der Waals surface area contributed by atoms with Crippen molar-refractivity contribution in [1.29, 1.82) is 0 Å². The number of anilines is 3. The summed E-state index contributed by atoms with van der Waals surface area (Å²) in [5, 5.41) is 11.5. The summed E-state index contributed by atoms with van der Waals surface area (Å²) in [6.07, 6.45) is 4.57. The van der Waals surface area contributed by atoms with Crippen molar-refractivity contribution in [3.63, 3.8) is 0 Å². The largest absolute Gasteiger partial charge is 0.444 e. The highest BCUT2D eigenvalue weighted by molar-refractivity contribution is 6.13. The van der Waals surface area contributed by atoms with Gasteiger partial charge in [0.2, 0.25) is 5.91 Å². The van der Waals surface area contributed by atoms with E-state index < -0.39 is 29.0 Å². The van der Waals surface area contributed by atoms with E-state index >= 15 is 0 Å². The molecule has 0 aromatic heterocycles. The third kappa shape index (κ3) is 8.43. The van der Waals surface area contributed by atoms with Crippen molar-refractivity contribution in [3.05, 3.63) is 54.1 Å². The zero-order chi connectivity index (χ0) is 31.4. The zero-order valence-electron chi connectivity index (χ0n) is 26.0. The summed E-state index contributed by atoms with van der Waals surface area (Å²) in [4.78, 5) is 54.2. The Hall–Kier alpha value is -4.21. The van der Waals surface area contributed by atoms with Crippen LogP contribution >= 0.6 is 0 Å². The molecule has 4 amide bonds.